The van der Waals surface area contributed by atoms with Gasteiger partial charge in [0.15, 0.2) is 0 Å². The molecule has 0 bridgehead atoms. The molecule has 0 saturated heterocycles. The maximum absolute atomic E-state index is 11.4. The Hall–Kier alpha value is -2.33. The van der Waals surface area contributed by atoms with E-state index in [2.05, 4.69) is 29.6 Å². The number of hydrogen-bond acceptors (Lipinski definition) is 3. The molecule has 140 valence electrons. The van der Waals surface area contributed by atoms with Gasteiger partial charge >= 0.3 is 0 Å². The highest BCUT2D eigenvalue weighted by Gasteiger charge is 2.18. The van der Waals surface area contributed by atoms with Gasteiger partial charge in [0.25, 0.3) is 0 Å². The molecule has 0 spiro atoms. The smallest absolute Gasteiger partial charge is 0.241 e. The molecule has 2 aliphatic heterocycles. The van der Waals surface area contributed by atoms with Crippen LogP contribution in [0.2, 0.25) is 0 Å². The molecule has 0 fully saturated rings. The predicted molar refractivity (Wildman–Crippen MR) is 110 cm³/mol. The van der Waals surface area contributed by atoms with Crippen LogP contribution in [0.4, 0.5) is 11.4 Å². The quantitative estimate of drug-likeness (QED) is 0.533. The van der Waals surface area contributed by atoms with Crippen LogP contribution in [0.15, 0.2) is 48.5 Å². The van der Waals surface area contributed by atoms with Crippen LogP contribution >= 0.6 is 0 Å². The number of hydrogen-bond donors (Lipinski definition) is 2. The van der Waals surface area contributed by atoms with Gasteiger partial charge in [-0.05, 0) is 55.4 Å². The number of benzene rings is 2. The molecule has 26 heavy (non-hydrogen) atoms. The maximum atomic E-state index is 11.4. The molecule has 1 amide bonds. The first-order valence-corrected chi connectivity index (χ1v) is 9.73. The van der Waals surface area contributed by atoms with Gasteiger partial charge in [-0.25, -0.2) is 10.9 Å². The highest BCUT2D eigenvalue weighted by Crippen LogP contribution is 2.24. The fourth-order valence-corrected chi connectivity index (χ4v) is 3.22. The van der Waals surface area contributed by atoms with E-state index in [0.29, 0.717) is 6.42 Å². The maximum Gasteiger partial charge on any atom is 0.241 e. The molecule has 0 unspecified atom stereocenters. The number of carbonyl (C=O) groups excluding carboxylic acids is 1. The average Bonchev–Trinajstić information content (AvgIpc) is 3.02. The van der Waals surface area contributed by atoms with Crippen LogP contribution in [0.25, 0.3) is 0 Å². The van der Waals surface area contributed by atoms with Crippen LogP contribution in [0.5, 0.6) is 0 Å². The van der Waals surface area contributed by atoms with Gasteiger partial charge in [-0.2, -0.15) is 0 Å². The van der Waals surface area contributed by atoms with E-state index in [0.717, 1.165) is 30.6 Å². The van der Waals surface area contributed by atoms with Gasteiger partial charge < -0.3 is 5.32 Å². The van der Waals surface area contributed by atoms with E-state index >= 15 is 0 Å². The standard InChI is InChI=1S/C10H12N2O.C10H13N.C2H6/c11-12-9-6-2-1-4-8(9)5-3-7-10(12)13;1-2-7-10-9(5-1)6-3-4-8-11-10;1-2/h1-2,4,6H,3,5,7,11H2;1-2,5,7,11H,3-4,6,8H2;1-2H3. The number of aryl methyl sites for hydroxylation is 2. The number of rotatable bonds is 0. The van der Waals surface area contributed by atoms with E-state index in [1.807, 2.05) is 38.1 Å². The van der Waals surface area contributed by atoms with Crippen molar-refractivity contribution in [3.05, 3.63) is 59.7 Å². The van der Waals surface area contributed by atoms with Crippen LogP contribution in [-0.4, -0.2) is 12.5 Å². The predicted octanol–water partition coefficient (Wildman–Crippen LogP) is 4.69. The molecule has 0 radical (unpaired) electrons. The number of nitrogens with one attached hydrogen (secondary N) is 1. The Bertz CT molecular complexity index is 674. The summed E-state index contributed by atoms with van der Waals surface area (Å²) >= 11 is 0. The van der Waals surface area contributed by atoms with Crippen LogP contribution in [0.3, 0.4) is 0 Å². The minimum absolute atomic E-state index is 0.00458. The Morgan fingerprint density at radius 1 is 0.846 bits per heavy atom. The molecule has 3 N–H and O–H groups in total. The summed E-state index contributed by atoms with van der Waals surface area (Å²) in [7, 11) is 0. The van der Waals surface area contributed by atoms with E-state index in [1.54, 1.807) is 0 Å². The lowest BCUT2D eigenvalue weighted by molar-refractivity contribution is -0.118. The third-order valence-electron chi connectivity index (χ3n) is 4.56. The summed E-state index contributed by atoms with van der Waals surface area (Å²) in [4.78, 5) is 11.4. The second kappa shape index (κ2) is 10.6. The third-order valence-corrected chi connectivity index (χ3v) is 4.56. The Morgan fingerprint density at radius 2 is 1.50 bits per heavy atom. The first-order chi connectivity index (χ1) is 12.8. The highest BCUT2D eigenvalue weighted by molar-refractivity contribution is 5.93. The lowest BCUT2D eigenvalue weighted by atomic mass is 10.1. The number of amides is 1. The van der Waals surface area contributed by atoms with Gasteiger partial charge in [-0.15, -0.1) is 0 Å². The van der Waals surface area contributed by atoms with Gasteiger partial charge in [0.05, 0.1) is 5.69 Å². The minimum Gasteiger partial charge on any atom is -0.385 e. The lowest BCUT2D eigenvalue weighted by Gasteiger charge is -2.15. The summed E-state index contributed by atoms with van der Waals surface area (Å²) in [5.74, 6) is 5.68. The molecule has 0 aliphatic carbocycles. The molecule has 2 aliphatic rings. The van der Waals surface area contributed by atoms with Crippen molar-refractivity contribution in [3.63, 3.8) is 0 Å². The summed E-state index contributed by atoms with van der Waals surface area (Å²) in [5.41, 5.74) is 4.83. The van der Waals surface area contributed by atoms with Crippen molar-refractivity contribution in [2.24, 2.45) is 5.84 Å². The molecule has 4 heteroatoms. The van der Waals surface area contributed by atoms with E-state index < -0.39 is 0 Å². The molecule has 4 nitrogen and oxygen atoms in total. The molecule has 0 saturated carbocycles. The second-order valence-corrected chi connectivity index (χ2v) is 6.29. The summed E-state index contributed by atoms with van der Waals surface area (Å²) in [6.45, 7) is 5.14. The van der Waals surface area contributed by atoms with Gasteiger partial charge in [-0.3, -0.25) is 4.79 Å². The van der Waals surface area contributed by atoms with Gasteiger partial charge in [-0.1, -0.05) is 50.2 Å². The van der Waals surface area contributed by atoms with E-state index in [-0.39, 0.29) is 5.91 Å². The highest BCUT2D eigenvalue weighted by atomic mass is 16.2. The van der Waals surface area contributed by atoms with E-state index in [9.17, 15) is 4.79 Å². The van der Waals surface area contributed by atoms with Crippen molar-refractivity contribution >= 4 is 17.3 Å². The summed E-state index contributed by atoms with van der Waals surface area (Å²) in [6, 6.07) is 16.4. The molecular formula is C22H31N3O. The summed E-state index contributed by atoms with van der Waals surface area (Å²) in [5, 5.41) is 4.69. The average molecular weight is 354 g/mol. The minimum atomic E-state index is 0.00458. The largest absolute Gasteiger partial charge is 0.385 e. The molecule has 4 rings (SSSR count). The summed E-state index contributed by atoms with van der Waals surface area (Å²) < 4.78 is 0. The van der Waals surface area contributed by atoms with Crippen LogP contribution in [0, 0.1) is 0 Å². The van der Waals surface area contributed by atoms with Crippen LogP contribution < -0.4 is 16.2 Å². The molecular weight excluding hydrogens is 322 g/mol. The van der Waals surface area contributed by atoms with Gasteiger partial charge in [0.1, 0.15) is 0 Å². The molecule has 0 aromatic heterocycles. The Morgan fingerprint density at radius 3 is 2.31 bits per heavy atom. The van der Waals surface area contributed by atoms with Crippen molar-refractivity contribution in [1.82, 2.24) is 0 Å². The third kappa shape index (κ3) is 5.33. The van der Waals surface area contributed by atoms with Gasteiger partial charge in [0, 0.05) is 18.7 Å². The SMILES string of the molecule is CC.NN1C(=O)CCCc2ccccc21.c1ccc2c(c1)CCCCN2. The molecule has 2 aromatic carbocycles. The number of fused-ring (bicyclic) bond motifs is 2. The molecule has 0 atom stereocenters. The van der Waals surface area contributed by atoms with Gasteiger partial charge in [0.2, 0.25) is 5.91 Å². The monoisotopic (exact) mass is 353 g/mol. The van der Waals surface area contributed by atoms with Crippen LogP contribution in [-0.2, 0) is 17.6 Å². The Labute approximate surface area is 157 Å². The number of nitrogens with zero attached hydrogens (tertiary/aromatic N) is 1. The van der Waals surface area contributed by atoms with E-state index in [4.69, 9.17) is 5.84 Å². The Balaban J connectivity index is 0.000000173. The second-order valence-electron chi connectivity index (χ2n) is 6.29. The van der Waals surface area contributed by atoms with E-state index in [1.165, 1.54) is 35.5 Å². The summed E-state index contributed by atoms with van der Waals surface area (Å²) in [6.07, 6.45) is 6.24. The van der Waals surface area contributed by atoms with Crippen molar-refractivity contribution in [3.8, 4) is 0 Å². The van der Waals surface area contributed by atoms with Crippen molar-refractivity contribution in [2.75, 3.05) is 16.9 Å². The fourth-order valence-electron chi connectivity index (χ4n) is 3.22. The lowest BCUT2D eigenvalue weighted by Crippen LogP contribution is -2.36. The number of carbonyl (C=O) groups is 1. The normalized spacial score (nSPS) is 15.5. The molecule has 2 aromatic rings. The van der Waals surface area contributed by atoms with Crippen LogP contribution in [0.1, 0.15) is 50.7 Å². The zero-order valence-electron chi connectivity index (χ0n) is 16.0. The topological polar surface area (TPSA) is 58.4 Å². The number of hydrazine groups is 1. The first-order valence-electron chi connectivity index (χ1n) is 9.73. The van der Waals surface area contributed by atoms with Crippen molar-refractivity contribution < 1.29 is 4.79 Å². The number of nitrogens with two attached hydrogens (primary N) is 1. The van der Waals surface area contributed by atoms with Crippen molar-refractivity contribution in [2.45, 2.75) is 52.4 Å². The zero-order chi connectivity index (χ0) is 18.8. The number of anilines is 2. The Kier molecular flexibility index (Phi) is 8.16. The molecule has 2 heterocycles. The first kappa shape index (κ1) is 20.0. The zero-order valence-corrected chi connectivity index (χ0v) is 16.0. The van der Waals surface area contributed by atoms with Crippen molar-refractivity contribution in [1.29, 1.82) is 0 Å². The number of para-hydroxylation sites is 2. The fraction of sp³-hybridized carbons (Fsp3) is 0.409.